The molecule has 4 rings (SSSR count). The molecule has 1 N–H and O–H groups in total. The minimum atomic E-state index is -0.359. The minimum absolute atomic E-state index is 0.330. The number of hydrogen-bond donors (Lipinski definition) is 1. The third-order valence-corrected chi connectivity index (χ3v) is 4.96. The van der Waals surface area contributed by atoms with Crippen LogP contribution in [0, 0.1) is 17.1 Å². The summed E-state index contributed by atoms with van der Waals surface area (Å²) in [6.07, 6.45) is 2.91. The molecule has 0 radical (unpaired) electrons. The maximum absolute atomic E-state index is 13.0. The maximum atomic E-state index is 13.0. The molecule has 128 valence electrons. The molecule has 1 unspecified atom stereocenters. The number of nitriles is 1. The van der Waals surface area contributed by atoms with E-state index in [4.69, 9.17) is 4.74 Å². The Bertz CT molecular complexity index is 995. The summed E-state index contributed by atoms with van der Waals surface area (Å²) < 4.78 is 18.7. The van der Waals surface area contributed by atoms with Crippen LogP contribution < -0.4 is 4.74 Å². The first kappa shape index (κ1) is 16.3. The van der Waals surface area contributed by atoms with Gasteiger partial charge in [-0.1, -0.05) is 11.8 Å². The Morgan fingerprint density at radius 3 is 2.77 bits per heavy atom. The fourth-order valence-corrected chi connectivity index (χ4v) is 3.52. The van der Waals surface area contributed by atoms with E-state index in [2.05, 4.69) is 16.1 Å². The number of ether oxygens (including phenoxy) is 1. The number of halogens is 1. The fourth-order valence-electron chi connectivity index (χ4n) is 2.49. The molecule has 6 nitrogen and oxygen atoms in total. The molecule has 0 amide bonds. The van der Waals surface area contributed by atoms with E-state index in [1.165, 1.54) is 42.4 Å². The van der Waals surface area contributed by atoms with Crippen LogP contribution in [0.3, 0.4) is 0 Å². The zero-order valence-corrected chi connectivity index (χ0v) is 14.0. The molecular weight excluding hydrogens is 355 g/mol. The molecule has 2 aliphatic heterocycles. The lowest BCUT2D eigenvalue weighted by Crippen LogP contribution is -2.29. The molecule has 8 heteroatoms. The van der Waals surface area contributed by atoms with Crippen molar-refractivity contribution in [3.63, 3.8) is 0 Å². The van der Waals surface area contributed by atoms with E-state index in [1.54, 1.807) is 24.4 Å². The summed E-state index contributed by atoms with van der Waals surface area (Å²) in [6, 6.07) is 12.8. The predicted molar refractivity (Wildman–Crippen MR) is 95.7 cm³/mol. The lowest BCUT2D eigenvalue weighted by Gasteiger charge is -2.20. The molecule has 2 heterocycles. The molecule has 0 saturated carbocycles. The minimum Gasteiger partial charge on any atom is -0.456 e. The van der Waals surface area contributed by atoms with E-state index in [1.807, 2.05) is 0 Å². The van der Waals surface area contributed by atoms with Gasteiger partial charge in [-0.05, 0) is 42.5 Å². The highest BCUT2D eigenvalue weighted by atomic mass is 32.2. The average Bonchev–Trinajstić information content (AvgIpc) is 3.09. The summed E-state index contributed by atoms with van der Waals surface area (Å²) >= 11 is 1.36. The van der Waals surface area contributed by atoms with Gasteiger partial charge in [0.05, 0.1) is 17.5 Å². The molecule has 0 spiro atoms. The smallest absolute Gasteiger partial charge is 0.152 e. The second-order valence-electron chi connectivity index (χ2n) is 5.46. The molecule has 0 aromatic heterocycles. The summed E-state index contributed by atoms with van der Waals surface area (Å²) in [4.78, 5) is 8.36. The standard InChI is InChI=1S/C18H11FN4O2S/c19-13-2-4-14(5-3-13)25-16-6-1-11(7-12(16)8-20)17-22-15-9-21-10-23(24)18(15)26-17/h1-7,9-10,18,24H. The highest BCUT2D eigenvalue weighted by Crippen LogP contribution is 2.37. The van der Waals surface area contributed by atoms with Gasteiger partial charge in [-0.3, -0.25) is 5.21 Å². The first-order valence-corrected chi connectivity index (χ1v) is 8.46. The predicted octanol–water partition coefficient (Wildman–Crippen LogP) is 3.88. The van der Waals surface area contributed by atoms with Crippen molar-refractivity contribution in [2.45, 2.75) is 5.37 Å². The van der Waals surface area contributed by atoms with E-state index in [9.17, 15) is 14.9 Å². The van der Waals surface area contributed by atoms with Gasteiger partial charge in [0.1, 0.15) is 34.8 Å². The van der Waals surface area contributed by atoms with E-state index in [-0.39, 0.29) is 11.2 Å². The summed E-state index contributed by atoms with van der Waals surface area (Å²) in [5.74, 6) is 0.449. The zero-order chi connectivity index (χ0) is 18.1. The first-order chi connectivity index (χ1) is 12.6. The normalized spacial score (nSPS) is 18.0. The van der Waals surface area contributed by atoms with Crippen molar-refractivity contribution < 1.29 is 14.3 Å². The molecule has 2 aliphatic rings. The highest BCUT2D eigenvalue weighted by Gasteiger charge is 2.31. The van der Waals surface area contributed by atoms with Crippen LogP contribution in [0.4, 0.5) is 4.39 Å². The lowest BCUT2D eigenvalue weighted by molar-refractivity contribution is -0.0108. The van der Waals surface area contributed by atoms with Crippen LogP contribution in [0.15, 0.2) is 64.3 Å². The van der Waals surface area contributed by atoms with Crippen molar-refractivity contribution in [2.75, 3.05) is 0 Å². The van der Waals surface area contributed by atoms with E-state index >= 15 is 0 Å². The summed E-state index contributed by atoms with van der Waals surface area (Å²) in [5, 5.41) is 20.6. The van der Waals surface area contributed by atoms with Crippen molar-refractivity contribution in [2.24, 2.45) is 9.98 Å². The Kier molecular flexibility index (Phi) is 4.16. The Morgan fingerprint density at radius 1 is 1.23 bits per heavy atom. The molecule has 0 aliphatic carbocycles. The molecular formula is C18H11FN4O2S. The molecule has 0 bridgehead atoms. The Labute approximate surface area is 152 Å². The van der Waals surface area contributed by atoms with Crippen molar-refractivity contribution in [3.05, 3.63) is 71.3 Å². The van der Waals surface area contributed by atoms with Crippen LogP contribution in [0.2, 0.25) is 0 Å². The van der Waals surface area contributed by atoms with Gasteiger partial charge < -0.3 is 4.74 Å². The molecule has 2 aromatic rings. The van der Waals surface area contributed by atoms with Gasteiger partial charge in [-0.15, -0.1) is 0 Å². The van der Waals surface area contributed by atoms with Crippen molar-refractivity contribution in [3.8, 4) is 17.6 Å². The van der Waals surface area contributed by atoms with E-state index < -0.39 is 0 Å². The van der Waals surface area contributed by atoms with Crippen molar-refractivity contribution in [1.82, 2.24) is 5.06 Å². The number of nitrogens with zero attached hydrogens (tertiary/aromatic N) is 4. The highest BCUT2D eigenvalue weighted by molar-refractivity contribution is 8.15. The number of hydroxylamine groups is 2. The largest absolute Gasteiger partial charge is 0.456 e. The SMILES string of the molecule is N#Cc1cc(C2=NC3=CN=CN(O)C3S2)ccc1Oc1ccc(F)cc1. The Balaban J connectivity index is 1.61. The number of rotatable bonds is 3. The monoisotopic (exact) mass is 366 g/mol. The van der Waals surface area contributed by atoms with Crippen molar-refractivity contribution in [1.29, 1.82) is 5.26 Å². The molecule has 26 heavy (non-hydrogen) atoms. The van der Waals surface area contributed by atoms with Crippen molar-refractivity contribution >= 4 is 23.1 Å². The average molecular weight is 366 g/mol. The van der Waals surface area contributed by atoms with Gasteiger partial charge in [-0.25, -0.2) is 19.4 Å². The van der Waals surface area contributed by atoms with Crippen LogP contribution in [0.5, 0.6) is 11.5 Å². The number of benzene rings is 2. The number of hydrogen-bond acceptors (Lipinski definition) is 7. The van der Waals surface area contributed by atoms with Gasteiger partial charge in [0.2, 0.25) is 0 Å². The second kappa shape index (κ2) is 6.63. The van der Waals surface area contributed by atoms with Gasteiger partial charge in [-0.2, -0.15) is 5.26 Å². The van der Waals surface area contributed by atoms with Gasteiger partial charge in [0.15, 0.2) is 5.37 Å². The topological polar surface area (TPSA) is 81.2 Å². The van der Waals surface area contributed by atoms with Gasteiger partial charge >= 0.3 is 0 Å². The summed E-state index contributed by atoms with van der Waals surface area (Å²) in [6.45, 7) is 0. The Morgan fingerprint density at radius 2 is 2.04 bits per heavy atom. The van der Waals surface area contributed by atoms with Crippen LogP contribution in [0.25, 0.3) is 0 Å². The van der Waals surface area contributed by atoms with Gasteiger partial charge in [0.25, 0.3) is 0 Å². The number of aliphatic imine (C=N–C) groups is 2. The van der Waals surface area contributed by atoms with E-state index in [0.717, 1.165) is 10.6 Å². The van der Waals surface area contributed by atoms with Gasteiger partial charge in [0, 0.05) is 5.56 Å². The summed E-state index contributed by atoms with van der Waals surface area (Å²) in [5.41, 5.74) is 1.71. The van der Waals surface area contributed by atoms with E-state index in [0.29, 0.717) is 27.8 Å². The lowest BCUT2D eigenvalue weighted by atomic mass is 10.1. The summed E-state index contributed by atoms with van der Waals surface area (Å²) in [7, 11) is 0. The molecule has 2 aromatic carbocycles. The third-order valence-electron chi connectivity index (χ3n) is 3.73. The second-order valence-corrected chi connectivity index (χ2v) is 6.53. The van der Waals surface area contributed by atoms with Crippen LogP contribution in [0.1, 0.15) is 11.1 Å². The fraction of sp³-hybridized carbons (Fsp3) is 0.0556. The third kappa shape index (κ3) is 3.06. The Hall–Kier alpha value is -3.15. The molecule has 1 atom stereocenters. The van der Waals surface area contributed by atoms with Crippen LogP contribution in [-0.2, 0) is 0 Å². The number of fused-ring (bicyclic) bond motifs is 1. The molecule has 0 saturated heterocycles. The zero-order valence-electron chi connectivity index (χ0n) is 13.2. The quantitative estimate of drug-likeness (QED) is 0.891. The van der Waals surface area contributed by atoms with Crippen LogP contribution >= 0.6 is 11.8 Å². The van der Waals surface area contributed by atoms with Crippen LogP contribution in [-0.4, -0.2) is 27.0 Å². The molecule has 0 fully saturated rings. The maximum Gasteiger partial charge on any atom is 0.152 e. The number of thioether (sulfide) groups is 1. The first-order valence-electron chi connectivity index (χ1n) is 7.58.